The van der Waals surface area contributed by atoms with Crippen molar-refractivity contribution in [3.8, 4) is 0 Å². The SMILES string of the molecule is CCCc1cc(=O)n(Cc2ccc(Br)cc2)[nH]1. The Morgan fingerprint density at radius 1 is 1.29 bits per heavy atom. The minimum Gasteiger partial charge on any atom is -0.299 e. The maximum atomic E-state index is 11.7. The fourth-order valence-electron chi connectivity index (χ4n) is 1.77. The number of benzene rings is 1. The quantitative estimate of drug-likeness (QED) is 0.925. The number of rotatable bonds is 4. The highest BCUT2D eigenvalue weighted by Crippen LogP contribution is 2.11. The van der Waals surface area contributed by atoms with Crippen molar-refractivity contribution in [2.45, 2.75) is 26.3 Å². The number of nitrogens with one attached hydrogen (secondary N) is 1. The lowest BCUT2D eigenvalue weighted by atomic mass is 10.2. The highest BCUT2D eigenvalue weighted by molar-refractivity contribution is 9.10. The van der Waals surface area contributed by atoms with Crippen molar-refractivity contribution >= 4 is 15.9 Å². The van der Waals surface area contributed by atoms with Crippen LogP contribution in [0.1, 0.15) is 24.6 Å². The molecule has 1 aromatic heterocycles. The van der Waals surface area contributed by atoms with Crippen LogP contribution in [0.25, 0.3) is 0 Å². The van der Waals surface area contributed by atoms with Gasteiger partial charge in [0.15, 0.2) is 0 Å². The van der Waals surface area contributed by atoms with E-state index < -0.39 is 0 Å². The van der Waals surface area contributed by atoms with Gasteiger partial charge in [0, 0.05) is 16.2 Å². The summed E-state index contributed by atoms with van der Waals surface area (Å²) in [6.45, 7) is 2.69. The van der Waals surface area contributed by atoms with Crippen LogP contribution in [-0.4, -0.2) is 9.78 Å². The van der Waals surface area contributed by atoms with Crippen LogP contribution in [-0.2, 0) is 13.0 Å². The first kappa shape index (κ1) is 12.2. The van der Waals surface area contributed by atoms with E-state index in [1.165, 1.54) is 0 Å². The Hall–Kier alpha value is -1.29. The highest BCUT2D eigenvalue weighted by Gasteiger charge is 2.03. The molecule has 1 N–H and O–H groups in total. The Morgan fingerprint density at radius 3 is 2.65 bits per heavy atom. The molecule has 2 rings (SSSR count). The molecule has 0 fully saturated rings. The molecule has 0 saturated carbocycles. The van der Waals surface area contributed by atoms with E-state index in [1.807, 2.05) is 24.3 Å². The first-order valence-corrected chi connectivity index (χ1v) is 6.51. The van der Waals surface area contributed by atoms with Crippen LogP contribution in [0.4, 0.5) is 0 Å². The van der Waals surface area contributed by atoms with E-state index in [0.29, 0.717) is 6.54 Å². The van der Waals surface area contributed by atoms with E-state index in [9.17, 15) is 4.79 Å². The van der Waals surface area contributed by atoms with Crippen molar-refractivity contribution in [3.63, 3.8) is 0 Å². The number of hydrogen-bond acceptors (Lipinski definition) is 1. The zero-order valence-electron chi connectivity index (χ0n) is 9.74. The zero-order chi connectivity index (χ0) is 12.3. The van der Waals surface area contributed by atoms with E-state index in [0.717, 1.165) is 28.6 Å². The number of hydrogen-bond donors (Lipinski definition) is 1. The van der Waals surface area contributed by atoms with Crippen molar-refractivity contribution in [3.05, 3.63) is 56.4 Å². The van der Waals surface area contributed by atoms with Crippen LogP contribution in [0.2, 0.25) is 0 Å². The standard InChI is InChI=1S/C13H15BrN2O/c1-2-3-12-8-13(17)16(15-12)9-10-4-6-11(14)7-5-10/h4-8,15H,2-3,9H2,1H3. The van der Waals surface area contributed by atoms with Gasteiger partial charge in [0.2, 0.25) is 0 Å². The third kappa shape index (κ3) is 3.09. The molecular weight excluding hydrogens is 280 g/mol. The van der Waals surface area contributed by atoms with Gasteiger partial charge in [-0.05, 0) is 24.1 Å². The normalized spacial score (nSPS) is 10.7. The third-order valence-electron chi connectivity index (χ3n) is 2.62. The summed E-state index contributed by atoms with van der Waals surface area (Å²) >= 11 is 3.39. The molecule has 90 valence electrons. The topological polar surface area (TPSA) is 37.8 Å². The van der Waals surface area contributed by atoms with Crippen molar-refractivity contribution in [2.24, 2.45) is 0 Å². The second kappa shape index (κ2) is 5.36. The first-order valence-electron chi connectivity index (χ1n) is 5.72. The highest BCUT2D eigenvalue weighted by atomic mass is 79.9. The summed E-state index contributed by atoms with van der Waals surface area (Å²) in [6.07, 6.45) is 1.96. The second-order valence-corrected chi connectivity index (χ2v) is 5.00. The van der Waals surface area contributed by atoms with E-state index in [4.69, 9.17) is 0 Å². The van der Waals surface area contributed by atoms with Gasteiger partial charge in [-0.2, -0.15) is 0 Å². The molecule has 17 heavy (non-hydrogen) atoms. The molecule has 0 aliphatic carbocycles. The molecule has 0 radical (unpaired) electrons. The monoisotopic (exact) mass is 294 g/mol. The lowest BCUT2D eigenvalue weighted by molar-refractivity contribution is 0.648. The Balaban J connectivity index is 2.18. The molecule has 0 aliphatic heterocycles. The summed E-state index contributed by atoms with van der Waals surface area (Å²) in [4.78, 5) is 11.7. The van der Waals surface area contributed by atoms with Crippen LogP contribution in [0.15, 0.2) is 39.6 Å². The Bertz CT molecular complexity index is 539. The van der Waals surface area contributed by atoms with Crippen LogP contribution in [0.3, 0.4) is 0 Å². The predicted octanol–water partition coefficient (Wildman–Crippen LogP) is 2.94. The Morgan fingerprint density at radius 2 is 2.00 bits per heavy atom. The van der Waals surface area contributed by atoms with Gasteiger partial charge in [-0.25, -0.2) is 4.68 Å². The third-order valence-corrected chi connectivity index (χ3v) is 3.14. The summed E-state index contributed by atoms with van der Waals surface area (Å²) in [7, 11) is 0. The molecule has 0 unspecified atom stereocenters. The van der Waals surface area contributed by atoms with Gasteiger partial charge >= 0.3 is 0 Å². The van der Waals surface area contributed by atoms with Crippen molar-refractivity contribution in [1.82, 2.24) is 9.78 Å². The largest absolute Gasteiger partial charge is 0.299 e. The number of H-pyrrole nitrogens is 1. The van der Waals surface area contributed by atoms with Crippen LogP contribution in [0, 0.1) is 0 Å². The molecule has 3 nitrogen and oxygen atoms in total. The van der Waals surface area contributed by atoms with Gasteiger partial charge in [0.25, 0.3) is 5.56 Å². The lowest BCUT2D eigenvalue weighted by Crippen LogP contribution is -2.16. The molecule has 1 heterocycles. The van der Waals surface area contributed by atoms with E-state index >= 15 is 0 Å². The van der Waals surface area contributed by atoms with Crippen LogP contribution < -0.4 is 5.56 Å². The first-order chi connectivity index (χ1) is 8.19. The molecule has 0 bridgehead atoms. The van der Waals surface area contributed by atoms with Gasteiger partial charge in [-0.3, -0.25) is 9.89 Å². The molecule has 0 atom stereocenters. The molecule has 1 aromatic carbocycles. The summed E-state index contributed by atoms with van der Waals surface area (Å²) in [5.74, 6) is 0. The lowest BCUT2D eigenvalue weighted by Gasteiger charge is -2.02. The van der Waals surface area contributed by atoms with E-state index in [-0.39, 0.29) is 5.56 Å². The van der Waals surface area contributed by atoms with Gasteiger partial charge in [0.1, 0.15) is 0 Å². The summed E-state index contributed by atoms with van der Waals surface area (Å²) in [5.41, 5.74) is 2.16. The molecule has 2 aromatic rings. The molecular formula is C13H15BrN2O. The van der Waals surface area contributed by atoms with Gasteiger partial charge < -0.3 is 0 Å². The van der Waals surface area contributed by atoms with Crippen molar-refractivity contribution in [1.29, 1.82) is 0 Å². The number of aromatic nitrogens is 2. The average molecular weight is 295 g/mol. The Kier molecular flexibility index (Phi) is 3.84. The number of nitrogens with zero attached hydrogens (tertiary/aromatic N) is 1. The Labute approximate surface area is 109 Å². The summed E-state index contributed by atoms with van der Waals surface area (Å²) < 4.78 is 2.69. The molecule has 0 saturated heterocycles. The number of aromatic amines is 1. The maximum absolute atomic E-state index is 11.7. The average Bonchev–Trinajstić information content (AvgIpc) is 2.63. The fourth-order valence-corrected chi connectivity index (χ4v) is 2.04. The molecule has 4 heteroatoms. The number of halogens is 1. The van der Waals surface area contributed by atoms with Crippen molar-refractivity contribution < 1.29 is 0 Å². The minimum atomic E-state index is 0.0383. The molecule has 0 spiro atoms. The van der Waals surface area contributed by atoms with E-state index in [2.05, 4.69) is 28.0 Å². The van der Waals surface area contributed by atoms with Crippen LogP contribution >= 0.6 is 15.9 Å². The predicted molar refractivity (Wildman–Crippen MR) is 72.3 cm³/mol. The number of aryl methyl sites for hydroxylation is 1. The van der Waals surface area contributed by atoms with Gasteiger partial charge in [0.05, 0.1) is 6.54 Å². The minimum absolute atomic E-state index is 0.0383. The van der Waals surface area contributed by atoms with Crippen molar-refractivity contribution in [2.75, 3.05) is 0 Å². The second-order valence-electron chi connectivity index (χ2n) is 4.08. The maximum Gasteiger partial charge on any atom is 0.267 e. The van der Waals surface area contributed by atoms with E-state index in [1.54, 1.807) is 10.7 Å². The smallest absolute Gasteiger partial charge is 0.267 e. The van der Waals surface area contributed by atoms with Crippen LogP contribution in [0.5, 0.6) is 0 Å². The summed E-state index contributed by atoms with van der Waals surface area (Å²) in [6, 6.07) is 9.67. The molecule has 0 amide bonds. The summed E-state index contributed by atoms with van der Waals surface area (Å²) in [5, 5.41) is 3.14. The van der Waals surface area contributed by atoms with Gasteiger partial charge in [-0.15, -0.1) is 0 Å². The zero-order valence-corrected chi connectivity index (χ0v) is 11.3. The fraction of sp³-hybridized carbons (Fsp3) is 0.308. The molecule has 0 aliphatic rings. The van der Waals surface area contributed by atoms with Gasteiger partial charge in [-0.1, -0.05) is 41.4 Å².